The van der Waals surface area contributed by atoms with Crippen LogP contribution >= 0.6 is 31.9 Å². The minimum absolute atomic E-state index is 0.104. The summed E-state index contributed by atoms with van der Waals surface area (Å²) in [6.07, 6.45) is -0.764. The number of carboxylic acid groups (broad SMARTS) is 2. The van der Waals surface area contributed by atoms with Crippen LogP contribution in [0.15, 0.2) is 21.1 Å². The van der Waals surface area contributed by atoms with Crippen LogP contribution in [0.4, 0.5) is 5.69 Å². The van der Waals surface area contributed by atoms with Crippen molar-refractivity contribution in [1.29, 1.82) is 0 Å². The first-order chi connectivity index (χ1) is 13.0. The number of nitrogen functional groups attached to an aromatic ring is 1. The molecular weight excluding hydrogens is 504 g/mol. The normalized spacial score (nSPS) is 21.2. The third kappa shape index (κ3) is 8.02. The third-order valence-corrected chi connectivity index (χ3v) is 5.38. The van der Waals surface area contributed by atoms with Crippen molar-refractivity contribution in [3.05, 3.63) is 26.6 Å². The molecule has 0 bridgehead atoms. The minimum atomic E-state index is -2.27. The number of aliphatic carboxylic acids is 2. The highest BCUT2D eigenvalue weighted by molar-refractivity contribution is 9.11. The zero-order valence-corrected chi connectivity index (χ0v) is 18.1. The van der Waals surface area contributed by atoms with Crippen molar-refractivity contribution in [2.75, 3.05) is 5.73 Å². The van der Waals surface area contributed by atoms with E-state index in [1.54, 1.807) is 0 Å². The highest BCUT2D eigenvalue weighted by atomic mass is 79.9. The summed E-state index contributed by atoms with van der Waals surface area (Å²) in [5.74, 6) is -3.54. The predicted molar refractivity (Wildman–Crippen MR) is 109 cm³/mol. The number of aliphatic hydroxyl groups excluding tert-OH is 3. The van der Waals surface area contributed by atoms with Crippen molar-refractivity contribution in [1.82, 2.24) is 5.32 Å². The molecule has 1 aliphatic carbocycles. The van der Waals surface area contributed by atoms with Crippen molar-refractivity contribution in [2.24, 2.45) is 0 Å². The molecule has 1 fully saturated rings. The molecule has 0 radical (unpaired) electrons. The fourth-order valence-electron chi connectivity index (χ4n) is 2.59. The van der Waals surface area contributed by atoms with E-state index >= 15 is 0 Å². The Balaban J connectivity index is 0.000000336. The molecule has 1 aliphatic rings. The number of rotatable bonds is 6. The molecule has 158 valence electrons. The van der Waals surface area contributed by atoms with Gasteiger partial charge in [-0.2, -0.15) is 0 Å². The van der Waals surface area contributed by atoms with Crippen LogP contribution in [0.5, 0.6) is 0 Å². The Labute approximate surface area is 178 Å². The van der Waals surface area contributed by atoms with Crippen molar-refractivity contribution < 1.29 is 35.1 Å². The average molecular weight is 528 g/mol. The zero-order chi connectivity index (χ0) is 21.4. The van der Waals surface area contributed by atoms with E-state index in [1.807, 2.05) is 12.1 Å². The van der Waals surface area contributed by atoms with E-state index in [1.165, 1.54) is 0 Å². The molecule has 0 amide bonds. The van der Waals surface area contributed by atoms with Crippen molar-refractivity contribution in [3.8, 4) is 0 Å². The van der Waals surface area contributed by atoms with Crippen LogP contribution in [0.3, 0.4) is 0 Å². The highest BCUT2D eigenvalue weighted by Crippen LogP contribution is 2.28. The Morgan fingerprint density at radius 3 is 2.04 bits per heavy atom. The van der Waals surface area contributed by atoms with E-state index < -0.39 is 24.1 Å². The summed E-state index contributed by atoms with van der Waals surface area (Å²) in [6, 6.07) is 4.49. The second-order valence-corrected chi connectivity index (χ2v) is 8.18. The topological polar surface area (TPSA) is 173 Å². The summed E-state index contributed by atoms with van der Waals surface area (Å²) in [5, 5.41) is 45.5. The Hall–Kier alpha value is -1.24. The molecule has 9 nitrogen and oxygen atoms in total. The molecule has 2 unspecified atom stereocenters. The number of benzene rings is 1. The molecule has 0 aliphatic heterocycles. The maximum atomic E-state index is 9.77. The van der Waals surface area contributed by atoms with Gasteiger partial charge in [-0.1, -0.05) is 15.9 Å². The SMILES string of the molecule is Nc1c(Br)cc(Br)cc1CNC1CCC(O)CC1.O=C(O)C(O)C(O)C(=O)O. The smallest absolute Gasteiger partial charge is 0.335 e. The molecule has 0 aromatic heterocycles. The fraction of sp³-hybridized carbons (Fsp3) is 0.529. The molecule has 0 saturated heterocycles. The Bertz CT molecular complexity index is 664. The Morgan fingerprint density at radius 1 is 1.07 bits per heavy atom. The fourth-order valence-corrected chi connectivity index (χ4v) is 3.90. The van der Waals surface area contributed by atoms with Crippen LogP contribution in [0.25, 0.3) is 0 Å². The van der Waals surface area contributed by atoms with Gasteiger partial charge in [0, 0.05) is 21.5 Å². The van der Waals surface area contributed by atoms with Crippen LogP contribution in [-0.2, 0) is 16.1 Å². The van der Waals surface area contributed by atoms with E-state index in [9.17, 15) is 14.7 Å². The molecule has 2 atom stereocenters. The van der Waals surface area contributed by atoms with E-state index in [-0.39, 0.29) is 6.10 Å². The predicted octanol–water partition coefficient (Wildman–Crippen LogP) is 1.06. The summed E-state index contributed by atoms with van der Waals surface area (Å²) in [7, 11) is 0. The Kier molecular flexibility index (Phi) is 10.4. The molecule has 1 saturated carbocycles. The molecule has 0 heterocycles. The number of hydrogen-bond acceptors (Lipinski definition) is 7. The average Bonchev–Trinajstić information content (AvgIpc) is 2.63. The van der Waals surface area contributed by atoms with Gasteiger partial charge in [0.25, 0.3) is 0 Å². The summed E-state index contributed by atoms with van der Waals surface area (Å²) >= 11 is 6.93. The number of nitrogens with two attached hydrogens (primary N) is 1. The third-order valence-electron chi connectivity index (χ3n) is 4.26. The maximum Gasteiger partial charge on any atom is 0.335 e. The van der Waals surface area contributed by atoms with Crippen molar-refractivity contribution in [2.45, 2.75) is 56.6 Å². The van der Waals surface area contributed by atoms with Crippen LogP contribution in [0.2, 0.25) is 0 Å². The summed E-state index contributed by atoms with van der Waals surface area (Å²) in [6.45, 7) is 0.768. The summed E-state index contributed by atoms with van der Waals surface area (Å²) < 4.78 is 1.95. The first-order valence-corrected chi connectivity index (χ1v) is 10.1. The minimum Gasteiger partial charge on any atom is -0.479 e. The lowest BCUT2D eigenvalue weighted by Gasteiger charge is -2.26. The van der Waals surface area contributed by atoms with Gasteiger partial charge in [-0.05, 0) is 59.3 Å². The first kappa shape index (κ1) is 24.8. The van der Waals surface area contributed by atoms with Crippen LogP contribution in [0.1, 0.15) is 31.2 Å². The van der Waals surface area contributed by atoms with Crippen molar-refractivity contribution >= 4 is 49.5 Å². The number of hydrogen-bond donors (Lipinski definition) is 7. The second kappa shape index (κ2) is 11.7. The quantitative estimate of drug-likeness (QED) is 0.267. The lowest BCUT2D eigenvalue weighted by Crippen LogP contribution is -2.39. The van der Waals surface area contributed by atoms with Gasteiger partial charge in [-0.15, -0.1) is 0 Å². The van der Waals surface area contributed by atoms with E-state index in [0.29, 0.717) is 6.04 Å². The van der Waals surface area contributed by atoms with Gasteiger partial charge < -0.3 is 36.6 Å². The van der Waals surface area contributed by atoms with Gasteiger partial charge in [-0.3, -0.25) is 0 Å². The summed E-state index contributed by atoms with van der Waals surface area (Å²) in [4.78, 5) is 19.5. The van der Waals surface area contributed by atoms with E-state index in [2.05, 4.69) is 37.2 Å². The van der Waals surface area contributed by atoms with Gasteiger partial charge >= 0.3 is 11.9 Å². The number of carbonyl (C=O) groups is 2. The number of nitrogens with one attached hydrogen (secondary N) is 1. The van der Waals surface area contributed by atoms with Crippen LogP contribution in [-0.4, -0.2) is 61.8 Å². The Morgan fingerprint density at radius 2 is 1.57 bits per heavy atom. The van der Waals surface area contributed by atoms with Crippen molar-refractivity contribution in [3.63, 3.8) is 0 Å². The number of aliphatic hydroxyl groups is 3. The largest absolute Gasteiger partial charge is 0.479 e. The molecule has 1 aromatic rings. The van der Waals surface area contributed by atoms with Gasteiger partial charge in [0.05, 0.1) is 11.8 Å². The lowest BCUT2D eigenvalue weighted by molar-refractivity contribution is -0.165. The second-order valence-electron chi connectivity index (χ2n) is 6.41. The maximum absolute atomic E-state index is 9.77. The molecule has 28 heavy (non-hydrogen) atoms. The molecular formula is C17H24Br2N2O7. The molecule has 8 N–H and O–H groups in total. The highest BCUT2D eigenvalue weighted by Gasteiger charge is 2.29. The van der Waals surface area contributed by atoms with Crippen LogP contribution in [0, 0.1) is 0 Å². The van der Waals surface area contributed by atoms with Gasteiger partial charge in [0.2, 0.25) is 0 Å². The molecule has 0 spiro atoms. The standard InChI is InChI=1S/C13H18Br2N2O.C4H6O6/c14-9-5-8(13(16)12(15)6-9)7-17-10-1-3-11(18)4-2-10;5-1(3(7)8)2(6)4(9)10/h5-6,10-11,17-18H,1-4,7,16H2;1-2,5-6H,(H,7,8)(H,9,10). The van der Waals surface area contributed by atoms with E-state index in [4.69, 9.17) is 26.2 Å². The number of anilines is 1. The number of carboxylic acids is 2. The first-order valence-electron chi connectivity index (χ1n) is 8.49. The van der Waals surface area contributed by atoms with E-state index in [0.717, 1.165) is 52.4 Å². The van der Waals surface area contributed by atoms with Gasteiger partial charge in [0.15, 0.2) is 12.2 Å². The lowest BCUT2D eigenvalue weighted by atomic mass is 9.93. The summed E-state index contributed by atoms with van der Waals surface area (Å²) in [5.41, 5.74) is 7.93. The monoisotopic (exact) mass is 526 g/mol. The number of halogens is 2. The van der Waals surface area contributed by atoms with Gasteiger partial charge in [-0.25, -0.2) is 9.59 Å². The molecule has 1 aromatic carbocycles. The molecule has 2 rings (SSSR count). The van der Waals surface area contributed by atoms with Crippen LogP contribution < -0.4 is 11.1 Å². The van der Waals surface area contributed by atoms with Gasteiger partial charge in [0.1, 0.15) is 0 Å². The zero-order valence-electron chi connectivity index (χ0n) is 14.9. The molecule has 11 heteroatoms.